The maximum atomic E-state index is 6.73. The Morgan fingerprint density at radius 2 is 1.02 bits per heavy atom. The Morgan fingerprint density at radius 3 is 1.80 bits per heavy atom. The molecule has 0 fully saturated rings. The van der Waals surface area contributed by atoms with Crippen LogP contribution in [0.1, 0.15) is 16.7 Å². The molecule has 0 saturated heterocycles. The molecule has 10 aromatic rings. The Morgan fingerprint density at radius 1 is 0.441 bits per heavy atom. The van der Waals surface area contributed by atoms with Crippen LogP contribution in [-0.2, 0) is 6.42 Å². The molecule has 0 atom stereocenters. The number of aromatic nitrogens is 1. The van der Waals surface area contributed by atoms with E-state index in [-0.39, 0.29) is 0 Å². The van der Waals surface area contributed by atoms with Crippen molar-refractivity contribution in [2.24, 2.45) is 10.7 Å². The number of fused-ring (bicyclic) bond motifs is 4. The van der Waals surface area contributed by atoms with E-state index < -0.39 is 0 Å². The van der Waals surface area contributed by atoms with Crippen molar-refractivity contribution in [1.29, 1.82) is 0 Å². The molecule has 0 aliphatic rings. The molecule has 3 nitrogen and oxygen atoms in total. The number of benzene rings is 9. The second-order valence-corrected chi connectivity index (χ2v) is 14.9. The molecule has 10 rings (SSSR count). The number of nitrogens with two attached hydrogens (primary N) is 1. The standard InChI is InChI=1S/C56H41N3/c57-56(42-17-6-2-7-18-42)58-53(36-29-39-27-30-41(31-28-39)40-15-4-1-5-16-40)50-35-34-47(48-23-10-11-24-49(48)50)45-20-14-19-43(37-45)44-32-33-52-51-25-12-13-26-54(51)59(55(52)38-44)46-21-8-3-9-22-46/h1-28,30-38H,29H2,(H2,57,58)/b53-36-. The lowest BCUT2D eigenvalue weighted by Crippen LogP contribution is -2.13. The summed E-state index contributed by atoms with van der Waals surface area (Å²) < 4.78 is 2.38. The number of allylic oxidation sites excluding steroid dienone is 1. The lowest BCUT2D eigenvalue weighted by atomic mass is 9.92. The van der Waals surface area contributed by atoms with E-state index in [2.05, 4.69) is 193 Å². The third-order valence-electron chi connectivity index (χ3n) is 11.3. The van der Waals surface area contributed by atoms with E-state index in [0.717, 1.165) is 38.8 Å². The van der Waals surface area contributed by atoms with Gasteiger partial charge in [-0.1, -0.05) is 194 Å². The summed E-state index contributed by atoms with van der Waals surface area (Å²) in [5.41, 5.74) is 21.3. The maximum absolute atomic E-state index is 6.73. The van der Waals surface area contributed by atoms with Crippen LogP contribution in [0, 0.1) is 0 Å². The number of hydrogen-bond donors (Lipinski definition) is 1. The number of aliphatic imine (C=N–C) groups is 1. The van der Waals surface area contributed by atoms with E-state index in [4.69, 9.17) is 10.7 Å². The smallest absolute Gasteiger partial charge is 0.131 e. The second kappa shape index (κ2) is 15.7. The lowest BCUT2D eigenvalue weighted by molar-refractivity contribution is 1.18. The van der Waals surface area contributed by atoms with Crippen LogP contribution in [0.15, 0.2) is 229 Å². The first-order valence-corrected chi connectivity index (χ1v) is 20.1. The van der Waals surface area contributed by atoms with E-state index in [9.17, 15) is 0 Å². The van der Waals surface area contributed by atoms with Gasteiger partial charge < -0.3 is 10.3 Å². The molecule has 1 aromatic heterocycles. The van der Waals surface area contributed by atoms with E-state index in [1.807, 2.05) is 36.4 Å². The van der Waals surface area contributed by atoms with Crippen LogP contribution in [0.25, 0.3) is 77.3 Å². The Bertz CT molecular complexity index is 3160. The molecule has 3 heteroatoms. The Labute approximate surface area is 344 Å². The van der Waals surface area contributed by atoms with Crippen LogP contribution in [-0.4, -0.2) is 10.4 Å². The van der Waals surface area contributed by atoms with E-state index in [0.29, 0.717) is 12.3 Å². The zero-order valence-corrected chi connectivity index (χ0v) is 32.5. The van der Waals surface area contributed by atoms with Crippen molar-refractivity contribution in [3.63, 3.8) is 0 Å². The van der Waals surface area contributed by atoms with Gasteiger partial charge in [-0.2, -0.15) is 0 Å². The van der Waals surface area contributed by atoms with Crippen LogP contribution in [0.3, 0.4) is 0 Å². The molecule has 0 aliphatic heterocycles. The number of rotatable bonds is 9. The zero-order valence-electron chi connectivity index (χ0n) is 32.5. The molecule has 0 bridgehead atoms. The molecule has 59 heavy (non-hydrogen) atoms. The average molecular weight is 756 g/mol. The summed E-state index contributed by atoms with van der Waals surface area (Å²) in [5.74, 6) is 0.486. The minimum absolute atomic E-state index is 0.486. The summed E-state index contributed by atoms with van der Waals surface area (Å²) in [7, 11) is 0. The van der Waals surface area contributed by atoms with Gasteiger partial charge in [0.2, 0.25) is 0 Å². The van der Waals surface area contributed by atoms with Gasteiger partial charge in [-0.25, -0.2) is 4.99 Å². The predicted molar refractivity (Wildman–Crippen MR) is 250 cm³/mol. The molecule has 2 N–H and O–H groups in total. The fourth-order valence-corrected chi connectivity index (χ4v) is 8.34. The van der Waals surface area contributed by atoms with Gasteiger partial charge in [0.1, 0.15) is 5.84 Å². The average Bonchev–Trinajstić information content (AvgIpc) is 3.65. The summed E-state index contributed by atoms with van der Waals surface area (Å²) >= 11 is 0. The molecule has 280 valence electrons. The van der Waals surface area contributed by atoms with Crippen LogP contribution in [0.2, 0.25) is 0 Å². The third kappa shape index (κ3) is 7.00. The molecule has 0 spiro atoms. The molecule has 0 aliphatic carbocycles. The van der Waals surface area contributed by atoms with Crippen molar-refractivity contribution < 1.29 is 0 Å². The van der Waals surface area contributed by atoms with Crippen molar-refractivity contribution in [3.8, 4) is 39.1 Å². The molecule has 0 unspecified atom stereocenters. The highest BCUT2D eigenvalue weighted by atomic mass is 15.0. The van der Waals surface area contributed by atoms with Crippen molar-refractivity contribution in [3.05, 3.63) is 241 Å². The van der Waals surface area contributed by atoms with Crippen molar-refractivity contribution in [2.75, 3.05) is 0 Å². The van der Waals surface area contributed by atoms with Gasteiger partial charge in [0, 0.05) is 27.6 Å². The van der Waals surface area contributed by atoms with Gasteiger partial charge in [-0.05, 0) is 86.5 Å². The number of hydrogen-bond acceptors (Lipinski definition) is 1. The van der Waals surface area contributed by atoms with Gasteiger partial charge >= 0.3 is 0 Å². The monoisotopic (exact) mass is 755 g/mol. The van der Waals surface area contributed by atoms with Crippen LogP contribution in [0.5, 0.6) is 0 Å². The van der Waals surface area contributed by atoms with Gasteiger partial charge in [0.05, 0.1) is 16.7 Å². The van der Waals surface area contributed by atoms with Crippen molar-refractivity contribution in [2.45, 2.75) is 6.42 Å². The van der Waals surface area contributed by atoms with Gasteiger partial charge in [0.25, 0.3) is 0 Å². The van der Waals surface area contributed by atoms with Gasteiger partial charge in [0.15, 0.2) is 0 Å². The quantitative estimate of drug-likeness (QED) is 0.116. The topological polar surface area (TPSA) is 43.3 Å². The highest BCUT2D eigenvalue weighted by Gasteiger charge is 2.15. The maximum Gasteiger partial charge on any atom is 0.131 e. The zero-order chi connectivity index (χ0) is 39.5. The number of para-hydroxylation sites is 2. The normalized spacial score (nSPS) is 12.1. The first-order valence-electron chi connectivity index (χ1n) is 20.1. The van der Waals surface area contributed by atoms with Crippen molar-refractivity contribution >= 4 is 44.1 Å². The summed E-state index contributed by atoms with van der Waals surface area (Å²) in [5, 5.41) is 4.78. The van der Waals surface area contributed by atoms with Crippen molar-refractivity contribution in [1.82, 2.24) is 4.57 Å². The van der Waals surface area contributed by atoms with Crippen LogP contribution >= 0.6 is 0 Å². The number of amidine groups is 1. The Kier molecular flexibility index (Phi) is 9.46. The summed E-state index contributed by atoms with van der Waals surface area (Å²) in [4.78, 5) is 5.13. The fraction of sp³-hybridized carbons (Fsp3) is 0.0179. The summed E-state index contributed by atoms with van der Waals surface area (Å²) in [6, 6.07) is 77.5. The van der Waals surface area contributed by atoms with Gasteiger partial charge in [-0.15, -0.1) is 0 Å². The van der Waals surface area contributed by atoms with Crippen LogP contribution < -0.4 is 5.73 Å². The van der Waals surface area contributed by atoms with E-state index >= 15 is 0 Å². The molecule has 1 heterocycles. The molecule has 0 radical (unpaired) electrons. The molecular weight excluding hydrogens is 715 g/mol. The predicted octanol–water partition coefficient (Wildman–Crippen LogP) is 13.9. The third-order valence-corrected chi connectivity index (χ3v) is 11.3. The first-order chi connectivity index (χ1) is 29.2. The second-order valence-electron chi connectivity index (χ2n) is 14.9. The highest BCUT2D eigenvalue weighted by Crippen LogP contribution is 2.38. The van der Waals surface area contributed by atoms with E-state index in [1.54, 1.807) is 0 Å². The Hall–Kier alpha value is -7.75. The molecule has 0 saturated carbocycles. The lowest BCUT2D eigenvalue weighted by Gasteiger charge is -2.14. The SMILES string of the molecule is NC(=N/C(=C\Cc1ccc(-c2ccccc2)cc1)c1ccc(-c2cccc(-c3ccc4c5ccccc5n(-c5ccccc5)c4c3)c2)c2ccccc12)c1ccccc1. The highest BCUT2D eigenvalue weighted by molar-refractivity contribution is 6.10. The molecule has 0 amide bonds. The summed E-state index contributed by atoms with van der Waals surface area (Å²) in [6.07, 6.45) is 2.92. The van der Waals surface area contributed by atoms with E-state index in [1.165, 1.54) is 55.2 Å². The van der Waals surface area contributed by atoms with Crippen LogP contribution in [0.4, 0.5) is 0 Å². The minimum atomic E-state index is 0.486. The summed E-state index contributed by atoms with van der Waals surface area (Å²) in [6.45, 7) is 0. The number of nitrogens with zero attached hydrogens (tertiary/aromatic N) is 2. The minimum Gasteiger partial charge on any atom is -0.383 e. The Balaban J connectivity index is 1.05. The molecular formula is C56H41N3. The first kappa shape index (κ1) is 35.6. The largest absolute Gasteiger partial charge is 0.383 e. The van der Waals surface area contributed by atoms with Gasteiger partial charge in [-0.3, -0.25) is 0 Å². The fourth-order valence-electron chi connectivity index (χ4n) is 8.34. The molecule has 9 aromatic carbocycles.